The zero-order valence-electron chi connectivity index (χ0n) is 12.9. The summed E-state index contributed by atoms with van der Waals surface area (Å²) in [5.74, 6) is -0.276. The zero-order chi connectivity index (χ0) is 15.6. The number of hydrogen-bond donors (Lipinski definition) is 2. The van der Waals surface area contributed by atoms with Crippen LogP contribution in [0.25, 0.3) is 0 Å². The number of anilines is 1. The minimum absolute atomic E-state index is 0.0215. The van der Waals surface area contributed by atoms with Crippen molar-refractivity contribution in [3.05, 3.63) is 28.8 Å². The fraction of sp³-hybridized carbons (Fsp3) is 0.562. The van der Waals surface area contributed by atoms with Crippen LogP contribution in [0.15, 0.2) is 18.2 Å². The van der Waals surface area contributed by atoms with Gasteiger partial charge >= 0.3 is 0 Å². The molecule has 1 heterocycles. The Hall–Kier alpha value is -1.26. The Balaban J connectivity index is 2.31. The van der Waals surface area contributed by atoms with Gasteiger partial charge in [0.05, 0.1) is 10.7 Å². The van der Waals surface area contributed by atoms with E-state index in [0.29, 0.717) is 11.6 Å². The highest BCUT2D eigenvalue weighted by molar-refractivity contribution is 6.33. The van der Waals surface area contributed by atoms with Crippen LogP contribution in [0.2, 0.25) is 5.02 Å². The first-order valence-electron chi connectivity index (χ1n) is 7.38. The van der Waals surface area contributed by atoms with Crippen LogP contribution in [0.3, 0.4) is 0 Å². The lowest BCUT2D eigenvalue weighted by molar-refractivity contribution is -0.119. The Morgan fingerprint density at radius 2 is 2.19 bits per heavy atom. The molecule has 1 amide bonds. The smallest absolute Gasteiger partial charge is 0.240 e. The van der Waals surface area contributed by atoms with Gasteiger partial charge in [-0.15, -0.1) is 0 Å². The van der Waals surface area contributed by atoms with Gasteiger partial charge in [-0.25, -0.2) is 0 Å². The monoisotopic (exact) mass is 309 g/mol. The summed E-state index contributed by atoms with van der Waals surface area (Å²) < 4.78 is 0. The largest absolute Gasteiger partial charge is 0.368 e. The second kappa shape index (κ2) is 6.24. The van der Waals surface area contributed by atoms with Gasteiger partial charge in [0.25, 0.3) is 0 Å². The molecule has 1 saturated heterocycles. The van der Waals surface area contributed by atoms with E-state index in [0.717, 1.165) is 30.6 Å². The van der Waals surface area contributed by atoms with E-state index in [4.69, 9.17) is 17.3 Å². The van der Waals surface area contributed by atoms with E-state index < -0.39 is 0 Å². The van der Waals surface area contributed by atoms with E-state index in [2.05, 4.69) is 37.1 Å². The first-order chi connectivity index (χ1) is 9.79. The van der Waals surface area contributed by atoms with E-state index in [9.17, 15) is 4.79 Å². The van der Waals surface area contributed by atoms with Crippen molar-refractivity contribution in [1.82, 2.24) is 5.32 Å². The Labute approximate surface area is 131 Å². The Morgan fingerprint density at radius 3 is 2.81 bits per heavy atom. The molecule has 0 aliphatic carbocycles. The lowest BCUT2D eigenvalue weighted by Crippen LogP contribution is -2.41. The molecule has 1 aliphatic heterocycles. The van der Waals surface area contributed by atoms with Crippen molar-refractivity contribution in [2.45, 2.75) is 51.7 Å². The topological polar surface area (TPSA) is 58.4 Å². The summed E-state index contributed by atoms with van der Waals surface area (Å²) >= 11 is 6.41. The van der Waals surface area contributed by atoms with Crippen LogP contribution < -0.4 is 16.0 Å². The number of benzene rings is 1. The molecule has 116 valence electrons. The molecule has 3 N–H and O–H groups in total. The molecular weight excluding hydrogens is 286 g/mol. The number of halogens is 1. The average Bonchev–Trinajstić information content (AvgIpc) is 2.84. The predicted molar refractivity (Wildman–Crippen MR) is 87.6 cm³/mol. The standard InChI is InChI=1S/C16H24ClN3O/c1-16(2,3)19-10-11-6-4-7-12(17)14(11)20-9-5-8-13(20)15(18)21/h4,6-7,13,19H,5,8-10H2,1-3H3,(H2,18,21). The maximum atomic E-state index is 11.6. The molecule has 0 spiro atoms. The molecule has 1 aromatic rings. The van der Waals surface area contributed by atoms with Gasteiger partial charge in [0.2, 0.25) is 5.91 Å². The number of para-hydroxylation sites is 1. The third-order valence-electron chi connectivity index (χ3n) is 3.75. The Kier molecular flexibility index (Phi) is 4.79. The fourth-order valence-electron chi connectivity index (χ4n) is 2.71. The molecule has 0 bridgehead atoms. The van der Waals surface area contributed by atoms with Crippen molar-refractivity contribution in [3.8, 4) is 0 Å². The number of nitrogens with one attached hydrogen (secondary N) is 1. The minimum Gasteiger partial charge on any atom is -0.368 e. The van der Waals surface area contributed by atoms with Crippen LogP contribution in [0.1, 0.15) is 39.2 Å². The quantitative estimate of drug-likeness (QED) is 0.899. The van der Waals surface area contributed by atoms with Crippen LogP contribution >= 0.6 is 11.6 Å². The molecule has 1 unspecified atom stereocenters. The summed E-state index contributed by atoms with van der Waals surface area (Å²) in [5.41, 5.74) is 7.60. The lowest BCUT2D eigenvalue weighted by atomic mass is 10.1. The third-order valence-corrected chi connectivity index (χ3v) is 4.05. The molecule has 5 heteroatoms. The highest BCUT2D eigenvalue weighted by Gasteiger charge is 2.31. The number of hydrogen-bond acceptors (Lipinski definition) is 3. The predicted octanol–water partition coefficient (Wildman–Crippen LogP) is 2.68. The van der Waals surface area contributed by atoms with Crippen LogP contribution in [0.4, 0.5) is 5.69 Å². The molecule has 0 aromatic heterocycles. The van der Waals surface area contributed by atoms with Crippen LogP contribution in [-0.4, -0.2) is 24.0 Å². The summed E-state index contributed by atoms with van der Waals surface area (Å²) in [4.78, 5) is 13.7. The number of amides is 1. The minimum atomic E-state index is -0.276. The second-order valence-electron chi connectivity index (χ2n) is 6.60. The Bertz CT molecular complexity index is 525. The fourth-order valence-corrected chi connectivity index (χ4v) is 3.02. The van der Waals surface area contributed by atoms with E-state index in [1.165, 1.54) is 0 Å². The van der Waals surface area contributed by atoms with Crippen molar-refractivity contribution < 1.29 is 4.79 Å². The molecule has 2 rings (SSSR count). The van der Waals surface area contributed by atoms with Gasteiger partial charge in [-0.1, -0.05) is 23.7 Å². The molecule has 0 saturated carbocycles. The third kappa shape index (κ3) is 3.89. The maximum Gasteiger partial charge on any atom is 0.240 e. The van der Waals surface area contributed by atoms with Crippen molar-refractivity contribution in [2.75, 3.05) is 11.4 Å². The summed E-state index contributed by atoms with van der Waals surface area (Å²) in [5, 5.41) is 4.15. The number of nitrogens with zero attached hydrogens (tertiary/aromatic N) is 1. The van der Waals surface area contributed by atoms with Crippen molar-refractivity contribution >= 4 is 23.2 Å². The number of nitrogens with two attached hydrogens (primary N) is 1. The average molecular weight is 310 g/mol. The van der Waals surface area contributed by atoms with E-state index in [1.54, 1.807) is 0 Å². The molecule has 0 radical (unpaired) electrons. The van der Waals surface area contributed by atoms with Gasteiger partial charge in [-0.05, 0) is 45.2 Å². The van der Waals surface area contributed by atoms with Gasteiger partial charge in [-0.2, -0.15) is 0 Å². The van der Waals surface area contributed by atoms with Crippen LogP contribution in [0, 0.1) is 0 Å². The maximum absolute atomic E-state index is 11.6. The first kappa shape index (κ1) is 16.1. The second-order valence-corrected chi connectivity index (χ2v) is 7.01. The van der Waals surface area contributed by atoms with Gasteiger partial charge in [-0.3, -0.25) is 4.79 Å². The van der Waals surface area contributed by atoms with Gasteiger partial charge in [0.1, 0.15) is 6.04 Å². The van der Waals surface area contributed by atoms with E-state index >= 15 is 0 Å². The molecular formula is C16H24ClN3O. The summed E-state index contributed by atoms with van der Waals surface area (Å²) in [7, 11) is 0. The number of carbonyl (C=O) groups excluding carboxylic acids is 1. The van der Waals surface area contributed by atoms with Crippen molar-refractivity contribution in [3.63, 3.8) is 0 Å². The van der Waals surface area contributed by atoms with Gasteiger partial charge in [0.15, 0.2) is 0 Å². The first-order valence-corrected chi connectivity index (χ1v) is 7.76. The van der Waals surface area contributed by atoms with Crippen molar-refractivity contribution in [2.24, 2.45) is 5.73 Å². The van der Waals surface area contributed by atoms with Crippen LogP contribution in [-0.2, 0) is 11.3 Å². The number of primary amides is 1. The van der Waals surface area contributed by atoms with Gasteiger partial charge in [0, 0.05) is 18.6 Å². The van der Waals surface area contributed by atoms with E-state index in [1.807, 2.05) is 12.1 Å². The Morgan fingerprint density at radius 1 is 1.48 bits per heavy atom. The summed E-state index contributed by atoms with van der Waals surface area (Å²) in [6.45, 7) is 7.90. The summed E-state index contributed by atoms with van der Waals surface area (Å²) in [6.07, 6.45) is 1.76. The normalized spacial score (nSPS) is 19.0. The molecule has 1 atom stereocenters. The molecule has 4 nitrogen and oxygen atoms in total. The zero-order valence-corrected chi connectivity index (χ0v) is 13.7. The molecule has 1 fully saturated rings. The summed E-state index contributed by atoms with van der Waals surface area (Å²) in [6, 6.07) is 5.61. The van der Waals surface area contributed by atoms with Crippen LogP contribution in [0.5, 0.6) is 0 Å². The highest BCUT2D eigenvalue weighted by Crippen LogP contribution is 2.35. The van der Waals surface area contributed by atoms with Crippen molar-refractivity contribution in [1.29, 1.82) is 0 Å². The highest BCUT2D eigenvalue weighted by atomic mass is 35.5. The number of rotatable bonds is 4. The molecule has 21 heavy (non-hydrogen) atoms. The molecule has 1 aliphatic rings. The van der Waals surface area contributed by atoms with Gasteiger partial charge < -0.3 is 16.0 Å². The van der Waals surface area contributed by atoms with E-state index in [-0.39, 0.29) is 17.5 Å². The lowest BCUT2D eigenvalue weighted by Gasteiger charge is -2.29. The SMILES string of the molecule is CC(C)(C)NCc1cccc(Cl)c1N1CCCC1C(N)=O. The molecule has 1 aromatic carbocycles. The number of carbonyl (C=O) groups is 1.